The Bertz CT molecular complexity index is 219. The largest absolute Gasteiger partial charge is 0.308 e. The van der Waals surface area contributed by atoms with Crippen molar-refractivity contribution < 1.29 is 0 Å². The third kappa shape index (κ3) is 2.95. The van der Waals surface area contributed by atoms with Crippen LogP contribution in [0.2, 0.25) is 0 Å². The van der Waals surface area contributed by atoms with Crippen molar-refractivity contribution in [3.63, 3.8) is 0 Å². The van der Waals surface area contributed by atoms with Crippen LogP contribution in [0.5, 0.6) is 0 Å². The highest BCUT2D eigenvalue weighted by Crippen LogP contribution is 2.02. The fourth-order valence-corrected chi connectivity index (χ4v) is 1.30. The van der Waals surface area contributed by atoms with Gasteiger partial charge >= 0.3 is 0 Å². The van der Waals surface area contributed by atoms with E-state index in [0.29, 0.717) is 6.04 Å². The molecule has 0 unspecified atom stereocenters. The first-order chi connectivity index (χ1) is 5.18. The molecule has 1 aromatic heterocycles. The molecule has 0 bridgehead atoms. The highest BCUT2D eigenvalue weighted by Gasteiger charge is 1.99. The molecule has 0 aliphatic carbocycles. The van der Waals surface area contributed by atoms with Gasteiger partial charge in [-0.2, -0.15) is 4.37 Å². The number of nitrogens with zero attached hydrogens (tertiary/aromatic N) is 2. The lowest BCUT2D eigenvalue weighted by molar-refractivity contribution is 0.587. The van der Waals surface area contributed by atoms with Crippen LogP contribution in [0.3, 0.4) is 0 Å². The summed E-state index contributed by atoms with van der Waals surface area (Å²) in [5.41, 5.74) is 0. The van der Waals surface area contributed by atoms with Gasteiger partial charge in [0, 0.05) is 12.6 Å². The lowest BCUT2D eigenvalue weighted by Gasteiger charge is -2.03. The molecule has 0 fully saturated rings. The minimum Gasteiger partial charge on any atom is -0.308 e. The Morgan fingerprint density at radius 2 is 2.27 bits per heavy atom. The summed E-state index contributed by atoms with van der Waals surface area (Å²) in [5.74, 6) is 0.871. The number of nitrogens with one attached hydrogen (secondary N) is 1. The predicted molar refractivity (Wildman–Crippen MR) is 46.6 cm³/mol. The lowest BCUT2D eigenvalue weighted by Crippen LogP contribution is -2.21. The van der Waals surface area contributed by atoms with Crippen LogP contribution in [0.1, 0.15) is 24.7 Å². The molecule has 0 amide bonds. The quantitative estimate of drug-likeness (QED) is 0.746. The van der Waals surface area contributed by atoms with E-state index in [1.807, 2.05) is 6.92 Å². The van der Waals surface area contributed by atoms with E-state index in [2.05, 4.69) is 28.5 Å². The van der Waals surface area contributed by atoms with Gasteiger partial charge in [-0.1, -0.05) is 13.8 Å². The van der Waals surface area contributed by atoms with Crippen LogP contribution in [0, 0.1) is 6.92 Å². The number of rotatable bonds is 3. The first-order valence-electron chi connectivity index (χ1n) is 3.71. The summed E-state index contributed by atoms with van der Waals surface area (Å²) >= 11 is 1.47. The zero-order valence-electron chi connectivity index (χ0n) is 7.09. The van der Waals surface area contributed by atoms with E-state index >= 15 is 0 Å². The topological polar surface area (TPSA) is 37.8 Å². The second-order valence-electron chi connectivity index (χ2n) is 2.77. The highest BCUT2D eigenvalue weighted by molar-refractivity contribution is 7.05. The molecule has 1 rings (SSSR count). The zero-order chi connectivity index (χ0) is 8.27. The fourth-order valence-electron chi connectivity index (χ4n) is 0.703. The van der Waals surface area contributed by atoms with Crippen molar-refractivity contribution in [3.05, 3.63) is 10.8 Å². The van der Waals surface area contributed by atoms with E-state index in [1.165, 1.54) is 11.5 Å². The Labute approximate surface area is 71.0 Å². The number of aryl methyl sites for hydroxylation is 1. The molecule has 0 saturated carbocycles. The summed E-state index contributed by atoms with van der Waals surface area (Å²) in [5, 5.41) is 4.35. The van der Waals surface area contributed by atoms with Gasteiger partial charge in [-0.3, -0.25) is 0 Å². The van der Waals surface area contributed by atoms with Crippen LogP contribution >= 0.6 is 11.5 Å². The van der Waals surface area contributed by atoms with Gasteiger partial charge in [-0.25, -0.2) is 4.98 Å². The Morgan fingerprint density at radius 3 is 2.73 bits per heavy atom. The Morgan fingerprint density at radius 1 is 1.55 bits per heavy atom. The van der Waals surface area contributed by atoms with E-state index in [9.17, 15) is 0 Å². The number of hydrogen-bond donors (Lipinski definition) is 1. The van der Waals surface area contributed by atoms with Gasteiger partial charge in [-0.05, 0) is 18.5 Å². The van der Waals surface area contributed by atoms with Gasteiger partial charge in [0.25, 0.3) is 0 Å². The van der Waals surface area contributed by atoms with Crippen molar-refractivity contribution in [2.45, 2.75) is 33.4 Å². The van der Waals surface area contributed by atoms with E-state index < -0.39 is 0 Å². The van der Waals surface area contributed by atoms with Crippen molar-refractivity contribution in [3.8, 4) is 0 Å². The summed E-state index contributed by atoms with van der Waals surface area (Å²) in [6.07, 6.45) is 0. The first kappa shape index (κ1) is 8.62. The van der Waals surface area contributed by atoms with Gasteiger partial charge in [0.2, 0.25) is 0 Å². The summed E-state index contributed by atoms with van der Waals surface area (Å²) in [7, 11) is 0. The molecule has 3 nitrogen and oxygen atoms in total. The molecular weight excluding hydrogens is 158 g/mol. The minimum absolute atomic E-state index is 0.513. The highest BCUT2D eigenvalue weighted by atomic mass is 32.1. The van der Waals surface area contributed by atoms with Crippen LogP contribution in [0.25, 0.3) is 0 Å². The summed E-state index contributed by atoms with van der Waals surface area (Å²) in [4.78, 5) is 4.23. The Kier molecular flexibility index (Phi) is 2.96. The standard InChI is InChI=1S/C7H13N3S/c1-5(2)8-4-7-9-6(3)10-11-7/h5,8H,4H2,1-3H3. The second kappa shape index (κ2) is 3.78. The molecule has 0 atom stereocenters. The molecule has 1 N–H and O–H groups in total. The summed E-state index contributed by atoms with van der Waals surface area (Å²) < 4.78 is 4.09. The number of aromatic nitrogens is 2. The van der Waals surface area contributed by atoms with E-state index in [1.54, 1.807) is 0 Å². The molecule has 4 heteroatoms. The van der Waals surface area contributed by atoms with Crippen LogP contribution in [-0.4, -0.2) is 15.4 Å². The first-order valence-corrected chi connectivity index (χ1v) is 4.48. The molecule has 1 aromatic rings. The Hall–Kier alpha value is -0.480. The smallest absolute Gasteiger partial charge is 0.139 e. The van der Waals surface area contributed by atoms with Crippen molar-refractivity contribution in [1.29, 1.82) is 0 Å². The molecule has 0 spiro atoms. The molecule has 0 aliphatic rings. The van der Waals surface area contributed by atoms with Crippen molar-refractivity contribution in [2.75, 3.05) is 0 Å². The predicted octanol–water partition coefficient (Wildman–Crippen LogP) is 1.34. The normalized spacial score (nSPS) is 10.9. The molecule has 0 saturated heterocycles. The molecule has 0 aliphatic heterocycles. The third-order valence-corrected chi connectivity index (χ3v) is 2.03. The molecule has 62 valence electrons. The molecule has 0 radical (unpaired) electrons. The third-order valence-electron chi connectivity index (χ3n) is 1.23. The van der Waals surface area contributed by atoms with Gasteiger partial charge < -0.3 is 5.32 Å². The Balaban J connectivity index is 2.39. The van der Waals surface area contributed by atoms with Crippen molar-refractivity contribution in [2.24, 2.45) is 0 Å². The SMILES string of the molecule is Cc1nsc(CNC(C)C)n1. The molecule has 0 aromatic carbocycles. The maximum atomic E-state index is 4.23. The van der Waals surface area contributed by atoms with Gasteiger partial charge in [0.05, 0.1) is 0 Å². The second-order valence-corrected chi connectivity index (χ2v) is 3.61. The van der Waals surface area contributed by atoms with E-state index in [-0.39, 0.29) is 0 Å². The monoisotopic (exact) mass is 171 g/mol. The summed E-state index contributed by atoms with van der Waals surface area (Å²) in [6.45, 7) is 6.99. The van der Waals surface area contributed by atoms with Crippen molar-refractivity contribution >= 4 is 11.5 Å². The van der Waals surface area contributed by atoms with Gasteiger partial charge in [0.1, 0.15) is 10.8 Å². The van der Waals surface area contributed by atoms with Gasteiger partial charge in [-0.15, -0.1) is 0 Å². The van der Waals surface area contributed by atoms with Crippen LogP contribution in [-0.2, 0) is 6.54 Å². The molecule has 11 heavy (non-hydrogen) atoms. The molecular formula is C7H13N3S. The van der Waals surface area contributed by atoms with E-state index in [4.69, 9.17) is 0 Å². The van der Waals surface area contributed by atoms with Gasteiger partial charge in [0.15, 0.2) is 0 Å². The number of hydrogen-bond acceptors (Lipinski definition) is 4. The van der Waals surface area contributed by atoms with E-state index in [0.717, 1.165) is 17.4 Å². The summed E-state index contributed by atoms with van der Waals surface area (Å²) in [6, 6.07) is 0.513. The maximum absolute atomic E-state index is 4.23. The minimum atomic E-state index is 0.513. The van der Waals surface area contributed by atoms with Crippen LogP contribution in [0.15, 0.2) is 0 Å². The lowest BCUT2D eigenvalue weighted by atomic mass is 10.4. The van der Waals surface area contributed by atoms with Crippen LogP contribution < -0.4 is 5.32 Å². The maximum Gasteiger partial charge on any atom is 0.139 e. The van der Waals surface area contributed by atoms with Crippen LogP contribution in [0.4, 0.5) is 0 Å². The van der Waals surface area contributed by atoms with Crippen molar-refractivity contribution in [1.82, 2.24) is 14.7 Å². The zero-order valence-corrected chi connectivity index (χ0v) is 7.90. The fraction of sp³-hybridized carbons (Fsp3) is 0.714. The average Bonchev–Trinajstić information content (AvgIpc) is 2.31. The average molecular weight is 171 g/mol. The molecule has 1 heterocycles.